The van der Waals surface area contributed by atoms with Gasteiger partial charge in [0.25, 0.3) is 10.0 Å². The van der Waals surface area contributed by atoms with Crippen molar-refractivity contribution in [1.29, 1.82) is 0 Å². The van der Waals surface area contributed by atoms with E-state index in [1.807, 2.05) is 0 Å². The molecule has 0 fully saturated rings. The van der Waals surface area contributed by atoms with Crippen LogP contribution in [0.5, 0.6) is 0 Å². The highest BCUT2D eigenvalue weighted by Gasteiger charge is 2.17. The van der Waals surface area contributed by atoms with Crippen molar-refractivity contribution < 1.29 is 18.3 Å². The average Bonchev–Trinajstić information content (AvgIpc) is 2.74. The zero-order chi connectivity index (χ0) is 14.0. The molecule has 1 aromatic carbocycles. The van der Waals surface area contributed by atoms with Crippen LogP contribution in [0.1, 0.15) is 16.2 Å². The minimum atomic E-state index is -3.86. The second-order valence-electron chi connectivity index (χ2n) is 3.59. The molecule has 1 aromatic heterocycles. The summed E-state index contributed by atoms with van der Waals surface area (Å²) in [5.41, 5.74) is -0.101. The summed E-state index contributed by atoms with van der Waals surface area (Å²) in [5.74, 6) is -0.731. The molecular formula is C10H9N3O4S2. The first-order chi connectivity index (χ1) is 8.88. The van der Waals surface area contributed by atoms with E-state index in [0.29, 0.717) is 5.82 Å². The summed E-state index contributed by atoms with van der Waals surface area (Å²) in [4.78, 5) is 14.5. The Morgan fingerprint density at radius 2 is 2.16 bits per heavy atom. The van der Waals surface area contributed by atoms with E-state index in [0.717, 1.165) is 17.6 Å². The highest BCUT2D eigenvalue weighted by molar-refractivity contribution is 7.93. The monoisotopic (exact) mass is 299 g/mol. The molecule has 0 bridgehead atoms. The van der Waals surface area contributed by atoms with Crippen LogP contribution in [-0.2, 0) is 10.0 Å². The van der Waals surface area contributed by atoms with E-state index in [1.54, 1.807) is 6.92 Å². The normalized spacial score (nSPS) is 11.2. The molecule has 7 nitrogen and oxygen atoms in total. The van der Waals surface area contributed by atoms with Crippen LogP contribution < -0.4 is 4.72 Å². The molecule has 0 saturated heterocycles. The molecule has 0 unspecified atom stereocenters. The van der Waals surface area contributed by atoms with Crippen LogP contribution in [0.15, 0.2) is 29.2 Å². The van der Waals surface area contributed by atoms with Gasteiger partial charge in [-0.1, -0.05) is 6.07 Å². The minimum absolute atomic E-state index is 0.101. The maximum atomic E-state index is 12.0. The average molecular weight is 299 g/mol. The van der Waals surface area contributed by atoms with Crippen LogP contribution in [0, 0.1) is 6.92 Å². The Bertz CT molecular complexity index is 724. The van der Waals surface area contributed by atoms with Gasteiger partial charge < -0.3 is 5.11 Å². The Hall–Kier alpha value is -2.00. The number of sulfonamides is 1. The van der Waals surface area contributed by atoms with Gasteiger partial charge in [-0.3, -0.25) is 4.72 Å². The van der Waals surface area contributed by atoms with Gasteiger partial charge in [0.05, 0.1) is 10.5 Å². The van der Waals surface area contributed by atoms with Crippen molar-refractivity contribution in [3.63, 3.8) is 0 Å². The second kappa shape index (κ2) is 4.94. The summed E-state index contributed by atoms with van der Waals surface area (Å²) in [6.07, 6.45) is 0. The largest absolute Gasteiger partial charge is 0.478 e. The Labute approximate surface area is 113 Å². The zero-order valence-electron chi connectivity index (χ0n) is 9.69. The van der Waals surface area contributed by atoms with Crippen LogP contribution in [0.2, 0.25) is 0 Å². The van der Waals surface area contributed by atoms with Gasteiger partial charge >= 0.3 is 5.97 Å². The summed E-state index contributed by atoms with van der Waals surface area (Å²) in [7, 11) is -3.86. The first-order valence-corrected chi connectivity index (χ1v) is 7.30. The molecule has 2 N–H and O–H groups in total. The van der Waals surface area contributed by atoms with Crippen LogP contribution in [0.4, 0.5) is 5.13 Å². The fraction of sp³-hybridized carbons (Fsp3) is 0.100. The number of anilines is 1. The fourth-order valence-corrected chi connectivity index (χ4v) is 3.15. The summed E-state index contributed by atoms with van der Waals surface area (Å²) < 4.78 is 30.1. The number of aromatic carboxylic acids is 1. The van der Waals surface area contributed by atoms with E-state index in [4.69, 9.17) is 5.11 Å². The molecule has 100 valence electrons. The topological polar surface area (TPSA) is 109 Å². The van der Waals surface area contributed by atoms with Crippen LogP contribution in [-0.4, -0.2) is 28.9 Å². The third kappa shape index (κ3) is 3.06. The lowest BCUT2D eigenvalue weighted by atomic mass is 10.2. The quantitative estimate of drug-likeness (QED) is 0.881. The van der Waals surface area contributed by atoms with Crippen molar-refractivity contribution in [2.75, 3.05) is 4.72 Å². The van der Waals surface area contributed by atoms with E-state index >= 15 is 0 Å². The van der Waals surface area contributed by atoms with Crippen molar-refractivity contribution in [2.45, 2.75) is 11.8 Å². The smallest absolute Gasteiger partial charge is 0.335 e. The van der Waals surface area contributed by atoms with E-state index in [2.05, 4.69) is 14.1 Å². The number of hydrogen-bond acceptors (Lipinski definition) is 6. The van der Waals surface area contributed by atoms with Crippen molar-refractivity contribution in [1.82, 2.24) is 9.36 Å². The van der Waals surface area contributed by atoms with Gasteiger partial charge in [-0.25, -0.2) is 18.2 Å². The molecule has 19 heavy (non-hydrogen) atoms. The van der Waals surface area contributed by atoms with Crippen LogP contribution >= 0.6 is 11.5 Å². The number of carboxylic acids is 1. The molecule has 0 atom stereocenters. The maximum Gasteiger partial charge on any atom is 0.335 e. The summed E-state index contributed by atoms with van der Waals surface area (Å²) in [6.45, 7) is 1.64. The summed E-state index contributed by atoms with van der Waals surface area (Å²) in [5, 5.41) is 8.97. The minimum Gasteiger partial charge on any atom is -0.478 e. The molecule has 0 radical (unpaired) electrons. The Kier molecular flexibility index (Phi) is 3.49. The molecule has 0 amide bonds. The van der Waals surface area contributed by atoms with Crippen molar-refractivity contribution >= 4 is 32.7 Å². The van der Waals surface area contributed by atoms with Gasteiger partial charge in [-0.15, -0.1) is 0 Å². The van der Waals surface area contributed by atoms with E-state index in [9.17, 15) is 13.2 Å². The number of benzene rings is 1. The predicted octanol–water partition coefficient (Wildman–Crippen LogP) is 1.35. The molecule has 2 aromatic rings. The molecule has 0 saturated carbocycles. The Morgan fingerprint density at radius 1 is 1.42 bits per heavy atom. The molecule has 0 spiro atoms. The number of aromatic nitrogens is 2. The molecule has 9 heteroatoms. The second-order valence-corrected chi connectivity index (χ2v) is 6.02. The molecule has 1 heterocycles. The van der Waals surface area contributed by atoms with Gasteiger partial charge in [-0.2, -0.15) is 4.37 Å². The standard InChI is InChI=1S/C10H9N3O4S2/c1-6-11-10(18-12-6)13-19(16,17)8-4-2-3-7(5-8)9(14)15/h2-5H,1H3,(H,14,15)(H,11,12,13). The van der Waals surface area contributed by atoms with Gasteiger partial charge in [0, 0.05) is 11.5 Å². The van der Waals surface area contributed by atoms with Crippen molar-refractivity contribution in [2.24, 2.45) is 0 Å². The van der Waals surface area contributed by atoms with Gasteiger partial charge in [0.1, 0.15) is 5.82 Å². The van der Waals surface area contributed by atoms with Crippen molar-refractivity contribution in [3.05, 3.63) is 35.7 Å². The van der Waals surface area contributed by atoms with E-state index < -0.39 is 16.0 Å². The number of carboxylic acid groups (broad SMARTS) is 1. The SMILES string of the molecule is Cc1nsc(NS(=O)(=O)c2cccc(C(=O)O)c2)n1. The first-order valence-electron chi connectivity index (χ1n) is 5.05. The maximum absolute atomic E-state index is 12.0. The number of nitrogens with zero attached hydrogens (tertiary/aromatic N) is 2. The fourth-order valence-electron chi connectivity index (χ4n) is 1.31. The highest BCUT2D eigenvalue weighted by Crippen LogP contribution is 2.18. The van der Waals surface area contributed by atoms with Crippen LogP contribution in [0.3, 0.4) is 0 Å². The lowest BCUT2D eigenvalue weighted by Crippen LogP contribution is -2.13. The molecule has 0 aliphatic rings. The predicted molar refractivity (Wildman–Crippen MR) is 68.9 cm³/mol. The molecule has 2 rings (SSSR count). The number of rotatable bonds is 4. The lowest BCUT2D eigenvalue weighted by Gasteiger charge is -2.05. The highest BCUT2D eigenvalue weighted by atomic mass is 32.2. The van der Waals surface area contributed by atoms with Crippen molar-refractivity contribution in [3.8, 4) is 0 Å². The van der Waals surface area contributed by atoms with Gasteiger partial charge in [0.15, 0.2) is 0 Å². The number of carbonyl (C=O) groups is 1. The number of aryl methyl sites for hydroxylation is 1. The third-order valence-electron chi connectivity index (χ3n) is 2.14. The van der Waals surface area contributed by atoms with E-state index in [1.165, 1.54) is 18.2 Å². The van der Waals surface area contributed by atoms with Crippen LogP contribution in [0.25, 0.3) is 0 Å². The van der Waals surface area contributed by atoms with Gasteiger partial charge in [0.2, 0.25) is 5.13 Å². The summed E-state index contributed by atoms with van der Waals surface area (Å²) in [6, 6.07) is 5.07. The zero-order valence-corrected chi connectivity index (χ0v) is 11.3. The molecule has 0 aliphatic carbocycles. The number of hydrogen-bond donors (Lipinski definition) is 2. The van der Waals surface area contributed by atoms with E-state index in [-0.39, 0.29) is 15.6 Å². The van der Waals surface area contributed by atoms with Gasteiger partial charge in [-0.05, 0) is 25.1 Å². The summed E-state index contributed by atoms with van der Waals surface area (Å²) >= 11 is 0.914. The molecular weight excluding hydrogens is 290 g/mol. The number of nitrogens with one attached hydrogen (secondary N) is 1. The third-order valence-corrected chi connectivity index (χ3v) is 4.33. The Balaban J connectivity index is 2.34. The Morgan fingerprint density at radius 3 is 2.74 bits per heavy atom. The first kappa shape index (κ1) is 13.4. The molecule has 0 aliphatic heterocycles. The lowest BCUT2D eigenvalue weighted by molar-refractivity contribution is 0.0696.